The van der Waals surface area contributed by atoms with Crippen molar-refractivity contribution in [2.75, 3.05) is 26.2 Å². The van der Waals surface area contributed by atoms with Gasteiger partial charge in [0.25, 0.3) is 0 Å². The normalized spacial score (nSPS) is 17.0. The topological polar surface area (TPSA) is 72.6 Å². The van der Waals surface area contributed by atoms with Crippen LogP contribution in [0.15, 0.2) is 29.2 Å². The summed E-state index contributed by atoms with van der Waals surface area (Å²) < 4.78 is 32.9. The summed E-state index contributed by atoms with van der Waals surface area (Å²) in [6.07, 6.45) is 3.21. The summed E-state index contributed by atoms with van der Waals surface area (Å²) in [7, 11) is -3.40. The molecule has 0 saturated carbocycles. The molecule has 2 N–H and O–H groups in total. The van der Waals surface area contributed by atoms with Crippen LogP contribution in [0.1, 0.15) is 31.7 Å². The lowest BCUT2D eigenvalue weighted by molar-refractivity contribution is 0.0209. The molecule has 0 atom stereocenters. The van der Waals surface area contributed by atoms with Crippen molar-refractivity contribution >= 4 is 22.4 Å². The first-order chi connectivity index (χ1) is 10.6. The van der Waals surface area contributed by atoms with Crippen LogP contribution in [0.5, 0.6) is 0 Å². The molecule has 1 aromatic carbocycles. The third-order valence-electron chi connectivity index (χ3n) is 4.07. The number of nitrogens with zero attached hydrogens (tertiary/aromatic N) is 1. The predicted octanol–water partition coefficient (Wildman–Crippen LogP) is 2.19. The fourth-order valence-corrected chi connectivity index (χ4v) is 4.52. The molecule has 1 saturated heterocycles. The second-order valence-electron chi connectivity index (χ2n) is 5.58. The average molecular weight is 363 g/mol. The molecule has 1 aliphatic rings. The molecule has 0 unspecified atom stereocenters. The van der Waals surface area contributed by atoms with E-state index in [1.54, 1.807) is 16.4 Å². The number of hydrogen-bond acceptors (Lipinski definition) is 4. The Morgan fingerprint density at radius 3 is 2.52 bits per heavy atom. The molecule has 1 fully saturated rings. The molecule has 23 heavy (non-hydrogen) atoms. The third-order valence-corrected chi connectivity index (χ3v) is 6.07. The molecule has 0 aliphatic carbocycles. The standard InChI is InChI=1S/C16H26N2O3S.ClH/c1-2-14-6-3-4-7-16(14)22(19,20)18-11-8-15(9-12-18)21-13-5-10-17;/h3-4,6-7,15H,2,5,8-13,17H2,1H3;1H. The van der Waals surface area contributed by atoms with Crippen LogP contribution in [-0.4, -0.2) is 45.1 Å². The molecule has 0 amide bonds. The van der Waals surface area contributed by atoms with Crippen molar-refractivity contribution in [3.8, 4) is 0 Å². The molecule has 1 heterocycles. The summed E-state index contributed by atoms with van der Waals surface area (Å²) in [5.41, 5.74) is 6.33. The van der Waals surface area contributed by atoms with E-state index in [2.05, 4.69) is 0 Å². The Hall–Kier alpha value is -0.660. The molecular weight excluding hydrogens is 336 g/mol. The van der Waals surface area contributed by atoms with E-state index < -0.39 is 10.0 Å². The summed E-state index contributed by atoms with van der Waals surface area (Å²) in [4.78, 5) is 0.444. The van der Waals surface area contributed by atoms with Crippen molar-refractivity contribution in [3.05, 3.63) is 29.8 Å². The number of rotatable bonds is 7. The molecule has 0 spiro atoms. The number of nitrogens with two attached hydrogens (primary N) is 1. The maximum absolute atomic E-state index is 12.8. The van der Waals surface area contributed by atoms with Crippen molar-refractivity contribution in [2.45, 2.75) is 43.6 Å². The van der Waals surface area contributed by atoms with Gasteiger partial charge in [-0.2, -0.15) is 4.31 Å². The summed E-state index contributed by atoms with van der Waals surface area (Å²) in [5, 5.41) is 0. The van der Waals surface area contributed by atoms with E-state index in [1.165, 1.54) is 0 Å². The van der Waals surface area contributed by atoms with E-state index in [0.717, 1.165) is 24.8 Å². The molecule has 132 valence electrons. The van der Waals surface area contributed by atoms with Crippen LogP contribution < -0.4 is 5.73 Å². The van der Waals surface area contributed by atoms with Crippen LogP contribution in [-0.2, 0) is 21.2 Å². The SMILES string of the molecule is CCc1ccccc1S(=O)(=O)N1CCC(OCCCN)CC1.Cl. The van der Waals surface area contributed by atoms with Crippen LogP contribution in [0.3, 0.4) is 0 Å². The van der Waals surface area contributed by atoms with Gasteiger partial charge in [-0.15, -0.1) is 12.4 Å². The van der Waals surface area contributed by atoms with Gasteiger partial charge in [-0.25, -0.2) is 8.42 Å². The Bertz CT molecular complexity index is 572. The Labute approximate surface area is 145 Å². The Balaban J connectivity index is 0.00000264. The highest BCUT2D eigenvalue weighted by Crippen LogP contribution is 2.24. The van der Waals surface area contributed by atoms with Crippen LogP contribution in [0.2, 0.25) is 0 Å². The summed E-state index contributed by atoms with van der Waals surface area (Å²) >= 11 is 0. The van der Waals surface area contributed by atoms with Gasteiger partial charge in [0.15, 0.2) is 0 Å². The first-order valence-corrected chi connectivity index (χ1v) is 9.43. The van der Waals surface area contributed by atoms with Gasteiger partial charge in [0, 0.05) is 19.7 Å². The highest BCUT2D eigenvalue weighted by Gasteiger charge is 2.30. The lowest BCUT2D eigenvalue weighted by atomic mass is 10.1. The van der Waals surface area contributed by atoms with E-state index in [9.17, 15) is 8.42 Å². The number of halogens is 1. The number of aryl methyl sites for hydroxylation is 1. The number of piperidine rings is 1. The highest BCUT2D eigenvalue weighted by molar-refractivity contribution is 7.89. The third kappa shape index (κ3) is 5.16. The van der Waals surface area contributed by atoms with Gasteiger partial charge < -0.3 is 10.5 Å². The molecule has 0 radical (unpaired) electrons. The molecule has 7 heteroatoms. The van der Waals surface area contributed by atoms with Gasteiger partial charge in [0.05, 0.1) is 11.0 Å². The van der Waals surface area contributed by atoms with E-state index in [4.69, 9.17) is 10.5 Å². The molecule has 5 nitrogen and oxygen atoms in total. The molecule has 0 aromatic heterocycles. The maximum atomic E-state index is 12.8. The highest BCUT2D eigenvalue weighted by atomic mass is 35.5. The second kappa shape index (κ2) is 9.59. The zero-order valence-corrected chi connectivity index (χ0v) is 15.2. The smallest absolute Gasteiger partial charge is 0.243 e. The Morgan fingerprint density at radius 2 is 1.91 bits per heavy atom. The number of hydrogen-bond donors (Lipinski definition) is 1. The molecule has 0 bridgehead atoms. The van der Waals surface area contributed by atoms with Crippen molar-refractivity contribution in [1.82, 2.24) is 4.31 Å². The minimum absolute atomic E-state index is 0. The van der Waals surface area contributed by atoms with Gasteiger partial charge >= 0.3 is 0 Å². The lowest BCUT2D eigenvalue weighted by Gasteiger charge is -2.31. The van der Waals surface area contributed by atoms with Crippen molar-refractivity contribution < 1.29 is 13.2 Å². The largest absolute Gasteiger partial charge is 0.378 e. The number of ether oxygens (including phenoxy) is 1. The minimum atomic E-state index is -3.40. The van der Waals surface area contributed by atoms with Gasteiger partial charge in [-0.05, 0) is 43.9 Å². The van der Waals surface area contributed by atoms with Gasteiger partial charge in [0.1, 0.15) is 0 Å². The van der Waals surface area contributed by atoms with E-state index in [1.807, 2.05) is 19.1 Å². The van der Waals surface area contributed by atoms with Crippen LogP contribution in [0.25, 0.3) is 0 Å². The number of sulfonamides is 1. The fraction of sp³-hybridized carbons (Fsp3) is 0.625. The number of benzene rings is 1. The van der Waals surface area contributed by atoms with E-state index >= 15 is 0 Å². The quantitative estimate of drug-likeness (QED) is 0.754. The van der Waals surface area contributed by atoms with E-state index in [-0.39, 0.29) is 18.5 Å². The molecule has 2 rings (SSSR count). The van der Waals surface area contributed by atoms with Crippen molar-refractivity contribution in [1.29, 1.82) is 0 Å². The minimum Gasteiger partial charge on any atom is -0.378 e. The Kier molecular flexibility index (Phi) is 8.50. The summed E-state index contributed by atoms with van der Waals surface area (Å²) in [5.74, 6) is 0. The first kappa shape index (κ1) is 20.4. The van der Waals surface area contributed by atoms with Crippen molar-refractivity contribution in [3.63, 3.8) is 0 Å². The van der Waals surface area contributed by atoms with Crippen LogP contribution in [0.4, 0.5) is 0 Å². The molecule has 1 aliphatic heterocycles. The monoisotopic (exact) mass is 362 g/mol. The van der Waals surface area contributed by atoms with Crippen LogP contribution in [0, 0.1) is 0 Å². The molecule has 1 aromatic rings. The second-order valence-corrected chi connectivity index (χ2v) is 7.48. The average Bonchev–Trinajstić information content (AvgIpc) is 2.55. The van der Waals surface area contributed by atoms with Gasteiger partial charge in [0.2, 0.25) is 10.0 Å². The van der Waals surface area contributed by atoms with Gasteiger partial charge in [-0.1, -0.05) is 25.1 Å². The fourth-order valence-electron chi connectivity index (χ4n) is 2.76. The zero-order valence-electron chi connectivity index (χ0n) is 13.6. The summed E-state index contributed by atoms with van der Waals surface area (Å²) in [6.45, 7) is 4.31. The Morgan fingerprint density at radius 1 is 1.26 bits per heavy atom. The van der Waals surface area contributed by atoms with Crippen LogP contribution >= 0.6 is 12.4 Å². The lowest BCUT2D eigenvalue weighted by Crippen LogP contribution is -2.41. The van der Waals surface area contributed by atoms with E-state index in [0.29, 0.717) is 37.6 Å². The van der Waals surface area contributed by atoms with Crippen molar-refractivity contribution in [2.24, 2.45) is 5.73 Å². The maximum Gasteiger partial charge on any atom is 0.243 e. The zero-order chi connectivity index (χ0) is 16.0. The summed E-state index contributed by atoms with van der Waals surface area (Å²) in [6, 6.07) is 7.26. The predicted molar refractivity (Wildman–Crippen MR) is 94.5 cm³/mol. The van der Waals surface area contributed by atoms with Gasteiger partial charge in [-0.3, -0.25) is 0 Å². The first-order valence-electron chi connectivity index (χ1n) is 7.99. The molecular formula is C16H27ClN2O3S.